The second kappa shape index (κ2) is 9.61. The topological polar surface area (TPSA) is 40.6 Å². The number of fused-ring (bicyclic) bond motifs is 1. The Morgan fingerprint density at radius 1 is 0.933 bits per heavy atom. The van der Waals surface area contributed by atoms with E-state index in [2.05, 4.69) is 24.0 Å². The number of nitrogens with zero attached hydrogens (tertiary/aromatic N) is 2. The number of aryl methyl sites for hydroxylation is 1. The van der Waals surface area contributed by atoms with Gasteiger partial charge in [0, 0.05) is 23.7 Å². The summed E-state index contributed by atoms with van der Waals surface area (Å²) < 4.78 is 0. The molecule has 0 atom stereocenters. The van der Waals surface area contributed by atoms with Crippen LogP contribution in [0.25, 0.3) is 5.57 Å². The lowest BCUT2D eigenvalue weighted by molar-refractivity contribution is -0.137. The minimum atomic E-state index is -0.131. The van der Waals surface area contributed by atoms with Crippen LogP contribution in [-0.4, -0.2) is 29.8 Å². The van der Waals surface area contributed by atoms with Crippen LogP contribution in [0.1, 0.15) is 62.3 Å². The van der Waals surface area contributed by atoms with Gasteiger partial charge in [-0.1, -0.05) is 63.3 Å². The molecule has 5 heteroatoms. The molecular weight excluding hydrogens is 392 g/mol. The molecule has 0 saturated carbocycles. The molecule has 0 unspecified atom stereocenters. The van der Waals surface area contributed by atoms with Crippen LogP contribution < -0.4 is 4.90 Å². The van der Waals surface area contributed by atoms with Crippen molar-refractivity contribution in [3.63, 3.8) is 0 Å². The number of carbonyl (C=O) groups excluding carboxylic acids is 2. The van der Waals surface area contributed by atoms with Crippen molar-refractivity contribution in [2.24, 2.45) is 0 Å². The average Bonchev–Trinajstić information content (AvgIpc) is 3.37. The molecule has 0 fully saturated rings. The van der Waals surface area contributed by atoms with Crippen LogP contribution in [0.4, 0.5) is 5.69 Å². The van der Waals surface area contributed by atoms with E-state index in [9.17, 15) is 9.59 Å². The summed E-state index contributed by atoms with van der Waals surface area (Å²) in [7, 11) is 0. The van der Waals surface area contributed by atoms with Gasteiger partial charge in [-0.05, 0) is 42.3 Å². The molecule has 4 nitrogen and oxygen atoms in total. The smallest absolute Gasteiger partial charge is 0.278 e. The molecule has 0 saturated heterocycles. The van der Waals surface area contributed by atoms with Gasteiger partial charge >= 0.3 is 0 Å². The van der Waals surface area contributed by atoms with E-state index in [1.807, 2.05) is 29.6 Å². The summed E-state index contributed by atoms with van der Waals surface area (Å²) in [5, 5.41) is 1.97. The molecule has 30 heavy (non-hydrogen) atoms. The molecule has 1 aromatic heterocycles. The third-order valence-electron chi connectivity index (χ3n) is 6.03. The molecule has 2 aliphatic rings. The maximum Gasteiger partial charge on any atom is 0.278 e. The maximum atomic E-state index is 13.5. The minimum Gasteiger partial charge on any atom is -0.336 e. The first kappa shape index (κ1) is 20.9. The molecule has 4 rings (SSSR count). The average molecular weight is 423 g/mol. The number of imide groups is 1. The van der Waals surface area contributed by atoms with Gasteiger partial charge in [0.05, 0.1) is 5.57 Å². The third kappa shape index (κ3) is 4.08. The van der Waals surface area contributed by atoms with Crippen LogP contribution >= 0.6 is 11.3 Å². The Bertz CT molecular complexity index is 932. The summed E-state index contributed by atoms with van der Waals surface area (Å²) in [6.45, 7) is 3.49. The fraction of sp³-hybridized carbons (Fsp3) is 0.440. The van der Waals surface area contributed by atoms with E-state index in [4.69, 9.17) is 0 Å². The highest BCUT2D eigenvalue weighted by Gasteiger charge is 2.42. The summed E-state index contributed by atoms with van der Waals surface area (Å²) in [6.07, 6.45) is 8.81. The Morgan fingerprint density at radius 2 is 1.73 bits per heavy atom. The molecule has 158 valence electrons. The number of para-hydroxylation sites is 1. The quantitative estimate of drug-likeness (QED) is 0.388. The minimum absolute atomic E-state index is 0.130. The lowest BCUT2D eigenvalue weighted by atomic mass is 10.00. The molecule has 3 heterocycles. The molecule has 1 aromatic carbocycles. The number of benzene rings is 1. The van der Waals surface area contributed by atoms with Crippen molar-refractivity contribution in [1.29, 1.82) is 0 Å². The van der Waals surface area contributed by atoms with E-state index < -0.39 is 0 Å². The number of carbonyl (C=O) groups is 2. The van der Waals surface area contributed by atoms with E-state index in [0.29, 0.717) is 17.8 Å². The monoisotopic (exact) mass is 422 g/mol. The summed E-state index contributed by atoms with van der Waals surface area (Å²) in [6, 6.07) is 12.2. The van der Waals surface area contributed by atoms with Gasteiger partial charge in [-0.2, -0.15) is 0 Å². The van der Waals surface area contributed by atoms with Crippen molar-refractivity contribution >= 4 is 34.4 Å². The molecule has 2 amide bonds. The fourth-order valence-corrected chi connectivity index (χ4v) is 5.24. The zero-order valence-electron chi connectivity index (χ0n) is 17.7. The van der Waals surface area contributed by atoms with Crippen molar-refractivity contribution in [2.75, 3.05) is 18.0 Å². The van der Waals surface area contributed by atoms with Crippen LogP contribution in [0.5, 0.6) is 0 Å². The molecule has 0 bridgehead atoms. The zero-order valence-corrected chi connectivity index (χ0v) is 18.5. The molecular formula is C25H30N2O2S. The molecule has 0 spiro atoms. The lowest BCUT2D eigenvalue weighted by Gasteiger charge is -2.32. The standard InChI is InChI=1S/C25H30N2O2S/c1-2-3-4-5-6-9-16-27-24(28)22(21-15-11-18-30-21)23(25(27)29)26-17-10-13-19-12-7-8-14-20(19)26/h7-8,11-12,14-15,18H,2-6,9-10,13,16-17H2,1H3. The first-order chi connectivity index (χ1) is 14.7. The van der Waals surface area contributed by atoms with Crippen molar-refractivity contribution in [2.45, 2.75) is 58.3 Å². The molecule has 2 aliphatic heterocycles. The van der Waals surface area contributed by atoms with E-state index in [1.54, 1.807) is 0 Å². The largest absolute Gasteiger partial charge is 0.336 e. The number of hydrogen-bond donors (Lipinski definition) is 0. The summed E-state index contributed by atoms with van der Waals surface area (Å²) in [4.78, 5) is 31.3. The van der Waals surface area contributed by atoms with Gasteiger partial charge in [-0.25, -0.2) is 0 Å². The van der Waals surface area contributed by atoms with Gasteiger partial charge in [-0.15, -0.1) is 11.3 Å². The zero-order chi connectivity index (χ0) is 20.9. The van der Waals surface area contributed by atoms with E-state index in [0.717, 1.165) is 42.8 Å². The Labute approximate surface area is 183 Å². The molecule has 2 aromatic rings. The SMILES string of the molecule is CCCCCCCCN1C(=O)C(c2cccs2)=C(N2CCCc3ccccc32)C1=O. The van der Waals surface area contributed by atoms with E-state index in [1.165, 1.54) is 47.5 Å². The van der Waals surface area contributed by atoms with Gasteiger partial charge in [0.15, 0.2) is 0 Å². The normalized spacial score (nSPS) is 16.6. The van der Waals surface area contributed by atoms with Gasteiger partial charge in [-0.3, -0.25) is 14.5 Å². The van der Waals surface area contributed by atoms with Crippen LogP contribution in [0, 0.1) is 0 Å². The first-order valence-corrected chi connectivity index (χ1v) is 12.1. The Morgan fingerprint density at radius 3 is 2.53 bits per heavy atom. The number of rotatable bonds is 9. The van der Waals surface area contributed by atoms with Crippen LogP contribution in [0.15, 0.2) is 47.5 Å². The third-order valence-corrected chi connectivity index (χ3v) is 6.91. The highest BCUT2D eigenvalue weighted by molar-refractivity contribution is 7.11. The van der Waals surface area contributed by atoms with Gasteiger partial charge in [0.2, 0.25) is 0 Å². The Kier molecular flexibility index (Phi) is 6.68. The fourth-order valence-electron chi connectivity index (χ4n) is 4.48. The predicted octanol–water partition coefficient (Wildman–Crippen LogP) is 5.64. The molecule has 0 N–H and O–H groups in total. The van der Waals surface area contributed by atoms with Crippen molar-refractivity contribution in [1.82, 2.24) is 4.90 Å². The van der Waals surface area contributed by atoms with E-state index in [-0.39, 0.29) is 11.8 Å². The summed E-state index contributed by atoms with van der Waals surface area (Å²) in [5.74, 6) is -0.261. The highest BCUT2D eigenvalue weighted by Crippen LogP contribution is 2.39. The number of unbranched alkanes of at least 4 members (excludes halogenated alkanes) is 5. The Balaban J connectivity index is 1.60. The van der Waals surface area contributed by atoms with Gasteiger partial charge in [0.1, 0.15) is 5.70 Å². The van der Waals surface area contributed by atoms with Crippen molar-refractivity contribution in [3.05, 3.63) is 57.9 Å². The van der Waals surface area contributed by atoms with Gasteiger partial charge in [0.25, 0.3) is 11.8 Å². The van der Waals surface area contributed by atoms with Crippen LogP contribution in [-0.2, 0) is 16.0 Å². The maximum absolute atomic E-state index is 13.5. The lowest BCUT2D eigenvalue weighted by Crippen LogP contribution is -2.37. The molecule has 0 aliphatic carbocycles. The Hall–Kier alpha value is -2.40. The van der Waals surface area contributed by atoms with Crippen molar-refractivity contribution < 1.29 is 9.59 Å². The second-order valence-corrected chi connectivity index (χ2v) is 9.06. The van der Waals surface area contributed by atoms with Crippen molar-refractivity contribution in [3.8, 4) is 0 Å². The molecule has 0 radical (unpaired) electrons. The predicted molar refractivity (Wildman–Crippen MR) is 123 cm³/mol. The summed E-state index contributed by atoms with van der Waals surface area (Å²) >= 11 is 1.53. The number of hydrogen-bond acceptors (Lipinski definition) is 4. The van der Waals surface area contributed by atoms with E-state index >= 15 is 0 Å². The van der Waals surface area contributed by atoms with Crippen LogP contribution in [0.3, 0.4) is 0 Å². The summed E-state index contributed by atoms with van der Waals surface area (Å²) in [5.41, 5.74) is 3.46. The second-order valence-electron chi connectivity index (χ2n) is 8.11. The van der Waals surface area contributed by atoms with Gasteiger partial charge < -0.3 is 4.90 Å². The first-order valence-electron chi connectivity index (χ1n) is 11.2. The number of anilines is 1. The number of amides is 2. The number of thiophene rings is 1. The van der Waals surface area contributed by atoms with Crippen LogP contribution in [0.2, 0.25) is 0 Å². The highest BCUT2D eigenvalue weighted by atomic mass is 32.1.